The molecule has 0 saturated heterocycles. The van der Waals surface area contributed by atoms with Crippen LogP contribution in [0.25, 0.3) is 0 Å². The van der Waals surface area contributed by atoms with Crippen LogP contribution in [0.2, 0.25) is 0 Å². The second-order valence-electron chi connectivity index (χ2n) is 3.96. The molecule has 0 aliphatic carbocycles. The van der Waals surface area contributed by atoms with Gasteiger partial charge in [-0.1, -0.05) is 17.7 Å². The van der Waals surface area contributed by atoms with E-state index in [1.54, 1.807) is 7.11 Å². The summed E-state index contributed by atoms with van der Waals surface area (Å²) in [5.74, 6) is 0.978. The van der Waals surface area contributed by atoms with Crippen LogP contribution in [0.15, 0.2) is 18.2 Å². The van der Waals surface area contributed by atoms with Gasteiger partial charge in [0.15, 0.2) is 0 Å². The molecule has 0 fully saturated rings. The van der Waals surface area contributed by atoms with E-state index in [0.29, 0.717) is 0 Å². The second kappa shape index (κ2) is 7.25. The highest BCUT2D eigenvalue weighted by molar-refractivity contribution is 5.37. The first kappa shape index (κ1) is 13.0. The zero-order valence-electron chi connectivity index (χ0n) is 10.3. The molecule has 0 unspecified atom stereocenters. The summed E-state index contributed by atoms with van der Waals surface area (Å²) >= 11 is 0. The molecular formula is C13H22N2O. The van der Waals surface area contributed by atoms with Crippen molar-refractivity contribution in [3.8, 4) is 5.75 Å². The van der Waals surface area contributed by atoms with Crippen LogP contribution < -0.4 is 15.8 Å². The Bertz CT molecular complexity index is 313. The molecule has 0 radical (unpaired) electrons. The van der Waals surface area contributed by atoms with Crippen LogP contribution in [0, 0.1) is 6.92 Å². The molecule has 0 saturated carbocycles. The third-order valence-electron chi connectivity index (χ3n) is 2.56. The molecule has 0 atom stereocenters. The van der Waals surface area contributed by atoms with Crippen LogP contribution in [-0.2, 0) is 6.42 Å². The standard InChI is InChI=1S/C13H22N2O/c1-11-4-5-13(16-2)12(10-11)6-9-15-8-3-7-14/h4-5,10,15H,3,6-9,14H2,1-2H3. The first-order chi connectivity index (χ1) is 7.77. The van der Waals surface area contributed by atoms with Gasteiger partial charge in [-0.15, -0.1) is 0 Å². The van der Waals surface area contributed by atoms with Gasteiger partial charge in [-0.3, -0.25) is 0 Å². The minimum atomic E-state index is 0.751. The SMILES string of the molecule is COc1ccc(C)cc1CCNCCCN. The highest BCUT2D eigenvalue weighted by Crippen LogP contribution is 2.19. The molecule has 0 aromatic heterocycles. The Morgan fingerprint density at radius 3 is 2.81 bits per heavy atom. The van der Waals surface area contributed by atoms with Gasteiger partial charge in [0.1, 0.15) is 5.75 Å². The maximum Gasteiger partial charge on any atom is 0.122 e. The van der Waals surface area contributed by atoms with E-state index in [0.717, 1.165) is 38.2 Å². The van der Waals surface area contributed by atoms with E-state index in [-0.39, 0.29) is 0 Å². The van der Waals surface area contributed by atoms with Crippen molar-refractivity contribution in [3.05, 3.63) is 29.3 Å². The highest BCUT2D eigenvalue weighted by atomic mass is 16.5. The molecule has 90 valence electrons. The monoisotopic (exact) mass is 222 g/mol. The Labute approximate surface area is 98.0 Å². The van der Waals surface area contributed by atoms with Gasteiger partial charge in [0.2, 0.25) is 0 Å². The van der Waals surface area contributed by atoms with Crippen LogP contribution in [0.5, 0.6) is 5.75 Å². The van der Waals surface area contributed by atoms with E-state index in [1.165, 1.54) is 11.1 Å². The van der Waals surface area contributed by atoms with Crippen LogP contribution >= 0.6 is 0 Å². The fourth-order valence-corrected chi connectivity index (χ4v) is 1.68. The summed E-state index contributed by atoms with van der Waals surface area (Å²) in [5.41, 5.74) is 7.97. The Morgan fingerprint density at radius 1 is 1.31 bits per heavy atom. The molecule has 1 rings (SSSR count). The summed E-state index contributed by atoms with van der Waals surface area (Å²) < 4.78 is 5.33. The first-order valence-corrected chi connectivity index (χ1v) is 5.82. The molecule has 0 aliphatic heterocycles. The molecule has 0 heterocycles. The molecule has 3 N–H and O–H groups in total. The number of aryl methyl sites for hydroxylation is 1. The summed E-state index contributed by atoms with van der Waals surface area (Å²) in [6.45, 7) is 4.82. The van der Waals surface area contributed by atoms with Crippen molar-refractivity contribution in [2.75, 3.05) is 26.7 Å². The van der Waals surface area contributed by atoms with E-state index in [1.807, 2.05) is 6.07 Å². The zero-order valence-corrected chi connectivity index (χ0v) is 10.3. The maximum atomic E-state index is 5.43. The van der Waals surface area contributed by atoms with Crippen LogP contribution in [-0.4, -0.2) is 26.7 Å². The third-order valence-corrected chi connectivity index (χ3v) is 2.56. The number of nitrogens with one attached hydrogen (secondary N) is 1. The van der Waals surface area contributed by atoms with E-state index >= 15 is 0 Å². The molecule has 16 heavy (non-hydrogen) atoms. The number of benzene rings is 1. The average molecular weight is 222 g/mol. The predicted octanol–water partition coefficient (Wildman–Crippen LogP) is 1.48. The molecular weight excluding hydrogens is 200 g/mol. The normalized spacial score (nSPS) is 10.4. The van der Waals surface area contributed by atoms with Gasteiger partial charge >= 0.3 is 0 Å². The fourth-order valence-electron chi connectivity index (χ4n) is 1.68. The summed E-state index contributed by atoms with van der Waals surface area (Å²) in [6.07, 6.45) is 2.03. The zero-order chi connectivity index (χ0) is 11.8. The predicted molar refractivity (Wildman–Crippen MR) is 68.0 cm³/mol. The molecule has 0 spiro atoms. The molecule has 3 heteroatoms. The molecule has 3 nitrogen and oxygen atoms in total. The number of hydrogen-bond donors (Lipinski definition) is 2. The van der Waals surface area contributed by atoms with Gasteiger partial charge in [-0.2, -0.15) is 0 Å². The number of rotatable bonds is 7. The minimum absolute atomic E-state index is 0.751. The van der Waals surface area contributed by atoms with E-state index < -0.39 is 0 Å². The van der Waals surface area contributed by atoms with Gasteiger partial charge in [0.25, 0.3) is 0 Å². The largest absolute Gasteiger partial charge is 0.496 e. The average Bonchev–Trinajstić information content (AvgIpc) is 2.29. The molecule has 0 aliphatic rings. The van der Waals surface area contributed by atoms with Crippen molar-refractivity contribution in [3.63, 3.8) is 0 Å². The van der Waals surface area contributed by atoms with Gasteiger partial charge in [-0.05, 0) is 51.0 Å². The number of methoxy groups -OCH3 is 1. The topological polar surface area (TPSA) is 47.3 Å². The first-order valence-electron chi connectivity index (χ1n) is 5.82. The summed E-state index contributed by atoms with van der Waals surface area (Å²) in [7, 11) is 1.72. The summed E-state index contributed by atoms with van der Waals surface area (Å²) in [5, 5.41) is 3.37. The van der Waals surface area contributed by atoms with Crippen molar-refractivity contribution in [1.29, 1.82) is 0 Å². The van der Waals surface area contributed by atoms with Gasteiger partial charge in [-0.25, -0.2) is 0 Å². The summed E-state index contributed by atoms with van der Waals surface area (Å²) in [4.78, 5) is 0. The molecule has 0 amide bonds. The second-order valence-corrected chi connectivity index (χ2v) is 3.96. The number of nitrogens with two attached hydrogens (primary N) is 1. The lowest BCUT2D eigenvalue weighted by atomic mass is 10.1. The van der Waals surface area contributed by atoms with Gasteiger partial charge in [0, 0.05) is 0 Å². The van der Waals surface area contributed by atoms with Crippen molar-refractivity contribution in [2.45, 2.75) is 19.8 Å². The van der Waals surface area contributed by atoms with Gasteiger partial charge in [0.05, 0.1) is 7.11 Å². The summed E-state index contributed by atoms with van der Waals surface area (Å²) in [6, 6.07) is 6.29. The number of hydrogen-bond acceptors (Lipinski definition) is 3. The van der Waals surface area contributed by atoms with Gasteiger partial charge < -0.3 is 15.8 Å². The third kappa shape index (κ3) is 4.21. The van der Waals surface area contributed by atoms with Crippen LogP contribution in [0.3, 0.4) is 0 Å². The van der Waals surface area contributed by atoms with E-state index in [9.17, 15) is 0 Å². The lowest BCUT2D eigenvalue weighted by Crippen LogP contribution is -2.20. The Kier molecular flexibility index (Phi) is 5.90. The Morgan fingerprint density at radius 2 is 2.12 bits per heavy atom. The molecule has 1 aromatic rings. The van der Waals surface area contributed by atoms with Crippen molar-refractivity contribution >= 4 is 0 Å². The van der Waals surface area contributed by atoms with Crippen LogP contribution in [0.1, 0.15) is 17.5 Å². The molecule has 0 bridgehead atoms. The lowest BCUT2D eigenvalue weighted by Gasteiger charge is -2.10. The quantitative estimate of drug-likeness (QED) is 0.687. The van der Waals surface area contributed by atoms with E-state index in [2.05, 4.69) is 24.4 Å². The van der Waals surface area contributed by atoms with Crippen molar-refractivity contribution in [1.82, 2.24) is 5.32 Å². The maximum absolute atomic E-state index is 5.43. The minimum Gasteiger partial charge on any atom is -0.496 e. The Hall–Kier alpha value is -1.06. The number of ether oxygens (including phenoxy) is 1. The van der Waals surface area contributed by atoms with Crippen molar-refractivity contribution in [2.24, 2.45) is 5.73 Å². The van der Waals surface area contributed by atoms with Crippen LogP contribution in [0.4, 0.5) is 0 Å². The smallest absolute Gasteiger partial charge is 0.122 e. The Balaban J connectivity index is 2.42. The highest BCUT2D eigenvalue weighted by Gasteiger charge is 2.02. The molecule has 1 aromatic carbocycles. The fraction of sp³-hybridized carbons (Fsp3) is 0.538. The van der Waals surface area contributed by atoms with E-state index in [4.69, 9.17) is 10.5 Å². The van der Waals surface area contributed by atoms with Crippen molar-refractivity contribution < 1.29 is 4.74 Å². The lowest BCUT2D eigenvalue weighted by molar-refractivity contribution is 0.409.